The molecule has 0 amide bonds. The van der Waals surface area contributed by atoms with E-state index in [0.29, 0.717) is 34.4 Å². The van der Waals surface area contributed by atoms with Crippen molar-refractivity contribution in [3.63, 3.8) is 0 Å². The fraction of sp³-hybridized carbons (Fsp3) is 0.143. The van der Waals surface area contributed by atoms with E-state index in [9.17, 15) is 12.8 Å². The van der Waals surface area contributed by atoms with Crippen LogP contribution in [0.4, 0.5) is 15.9 Å². The molecule has 0 saturated heterocycles. The van der Waals surface area contributed by atoms with Gasteiger partial charge in [0.1, 0.15) is 30.3 Å². The molecular formula is C28H25ClFN5O3S. The second-order valence-corrected chi connectivity index (χ2v) is 11.5. The zero-order chi connectivity index (χ0) is 27.4. The van der Waals surface area contributed by atoms with Crippen molar-refractivity contribution in [2.24, 2.45) is 0 Å². The predicted molar refractivity (Wildman–Crippen MR) is 151 cm³/mol. The third-order valence-electron chi connectivity index (χ3n) is 5.88. The minimum Gasteiger partial charge on any atom is -0.487 e. The molecule has 0 radical (unpaired) electrons. The summed E-state index contributed by atoms with van der Waals surface area (Å²) in [6.07, 6.45) is 4.59. The topological polar surface area (TPSA) is 98.1 Å². The van der Waals surface area contributed by atoms with Crippen molar-refractivity contribution >= 4 is 43.8 Å². The van der Waals surface area contributed by atoms with Crippen LogP contribution in [0.3, 0.4) is 0 Å². The number of ether oxygens (including phenoxy) is 1. The van der Waals surface area contributed by atoms with E-state index in [-0.39, 0.29) is 18.3 Å². The van der Waals surface area contributed by atoms with Crippen LogP contribution in [0.5, 0.6) is 5.75 Å². The highest BCUT2D eigenvalue weighted by atomic mass is 35.5. The zero-order valence-electron chi connectivity index (χ0n) is 20.9. The van der Waals surface area contributed by atoms with Gasteiger partial charge >= 0.3 is 0 Å². The van der Waals surface area contributed by atoms with E-state index in [4.69, 9.17) is 16.3 Å². The Morgan fingerprint density at radius 1 is 1.03 bits per heavy atom. The summed E-state index contributed by atoms with van der Waals surface area (Å²) in [5.74, 6) is 0.648. The minimum atomic E-state index is -3.12. The number of halogens is 2. The van der Waals surface area contributed by atoms with Crippen molar-refractivity contribution in [1.29, 1.82) is 0 Å². The summed E-state index contributed by atoms with van der Waals surface area (Å²) in [5, 5.41) is 7.46. The van der Waals surface area contributed by atoms with E-state index in [1.165, 1.54) is 24.7 Å². The summed E-state index contributed by atoms with van der Waals surface area (Å²) >= 11 is 6.47. The van der Waals surface area contributed by atoms with E-state index < -0.39 is 9.84 Å². The Hall–Kier alpha value is -3.99. The van der Waals surface area contributed by atoms with E-state index in [0.717, 1.165) is 22.3 Å². The molecule has 2 aromatic heterocycles. The van der Waals surface area contributed by atoms with Crippen LogP contribution in [0.15, 0.2) is 85.3 Å². The quantitative estimate of drug-likeness (QED) is 0.226. The number of nitrogens with zero attached hydrogens (tertiary/aromatic N) is 3. The lowest BCUT2D eigenvalue weighted by atomic mass is 10.2. The average molecular weight is 566 g/mol. The summed E-state index contributed by atoms with van der Waals surface area (Å²) in [6.45, 7) is 0.579. The maximum atomic E-state index is 13.4. The van der Waals surface area contributed by atoms with E-state index in [1.54, 1.807) is 24.3 Å². The molecule has 0 aliphatic carbocycles. The molecular weight excluding hydrogens is 541 g/mol. The molecule has 5 rings (SSSR count). The summed E-state index contributed by atoms with van der Waals surface area (Å²) in [4.78, 5) is 8.82. The molecule has 0 atom stereocenters. The van der Waals surface area contributed by atoms with Gasteiger partial charge in [0.05, 0.1) is 16.4 Å². The SMILES string of the molecule is CS(=O)(=O)CNCc1cccn1-c1ccc2ncnc(Nc3ccc(OCc4cccc(F)c4)c(Cl)c3)c2c1. The minimum absolute atomic E-state index is 0.102. The molecule has 11 heteroatoms. The molecule has 0 spiro atoms. The average Bonchev–Trinajstić information content (AvgIpc) is 3.36. The van der Waals surface area contributed by atoms with Gasteiger partial charge in [-0.2, -0.15) is 0 Å². The molecule has 0 unspecified atom stereocenters. The highest BCUT2D eigenvalue weighted by Gasteiger charge is 2.11. The Labute approximate surface area is 230 Å². The van der Waals surface area contributed by atoms with Gasteiger partial charge in [-0.3, -0.25) is 5.32 Å². The Kier molecular flexibility index (Phi) is 7.78. The standard InChI is InChI=1S/C28H25ClFN5O3S/c1-39(36,37)18-31-15-23-6-3-11-35(23)22-8-9-26-24(14-22)28(33-17-32-26)34-21-7-10-27(25(29)13-21)38-16-19-4-2-5-20(30)12-19/h2-14,17,31H,15-16,18H2,1H3,(H,32,33,34). The molecule has 0 saturated carbocycles. The molecule has 0 aliphatic rings. The van der Waals surface area contributed by atoms with Gasteiger partial charge in [0, 0.05) is 41.5 Å². The Bertz CT molecular complexity index is 1740. The van der Waals surface area contributed by atoms with Crippen molar-refractivity contribution in [1.82, 2.24) is 19.9 Å². The second kappa shape index (κ2) is 11.4. The second-order valence-electron chi connectivity index (χ2n) is 8.98. The highest BCUT2D eigenvalue weighted by Crippen LogP contribution is 2.31. The summed E-state index contributed by atoms with van der Waals surface area (Å²) in [6, 6.07) is 21.2. The van der Waals surface area contributed by atoms with Crippen LogP contribution in [0, 0.1) is 5.82 Å². The van der Waals surface area contributed by atoms with Gasteiger partial charge in [0.15, 0.2) is 9.84 Å². The van der Waals surface area contributed by atoms with E-state index in [1.807, 2.05) is 47.2 Å². The molecule has 0 bridgehead atoms. The Morgan fingerprint density at radius 2 is 1.90 bits per heavy atom. The predicted octanol–water partition coefficient (Wildman–Crippen LogP) is 5.63. The van der Waals surface area contributed by atoms with Crippen molar-refractivity contribution < 1.29 is 17.5 Å². The molecule has 0 fully saturated rings. The molecule has 5 aromatic rings. The first-order chi connectivity index (χ1) is 18.7. The molecule has 0 aliphatic heterocycles. The van der Waals surface area contributed by atoms with Crippen molar-refractivity contribution in [2.75, 3.05) is 17.4 Å². The van der Waals surface area contributed by atoms with Gasteiger partial charge in [-0.05, 0) is 66.2 Å². The summed E-state index contributed by atoms with van der Waals surface area (Å²) in [7, 11) is -3.12. The van der Waals surface area contributed by atoms with E-state index >= 15 is 0 Å². The third-order valence-corrected chi connectivity index (χ3v) is 6.90. The monoisotopic (exact) mass is 565 g/mol. The van der Waals surface area contributed by atoms with Crippen LogP contribution in [-0.2, 0) is 23.0 Å². The molecule has 8 nitrogen and oxygen atoms in total. The Balaban J connectivity index is 1.35. The number of fused-ring (bicyclic) bond motifs is 1. The first-order valence-corrected chi connectivity index (χ1v) is 14.4. The number of aromatic nitrogens is 3. The van der Waals surface area contributed by atoms with Gasteiger partial charge in [-0.25, -0.2) is 22.8 Å². The maximum absolute atomic E-state index is 13.4. The number of hydrogen-bond acceptors (Lipinski definition) is 7. The largest absolute Gasteiger partial charge is 0.487 e. The van der Waals surface area contributed by atoms with Gasteiger partial charge in [0.2, 0.25) is 0 Å². The van der Waals surface area contributed by atoms with Crippen molar-refractivity contribution in [2.45, 2.75) is 13.2 Å². The third kappa shape index (κ3) is 6.72. The van der Waals surface area contributed by atoms with Crippen LogP contribution in [-0.4, -0.2) is 35.1 Å². The number of hydrogen-bond donors (Lipinski definition) is 2. The lowest BCUT2D eigenvalue weighted by Crippen LogP contribution is -2.22. The number of rotatable bonds is 10. The lowest BCUT2D eigenvalue weighted by molar-refractivity contribution is 0.306. The van der Waals surface area contributed by atoms with Crippen LogP contribution in [0.1, 0.15) is 11.3 Å². The number of benzene rings is 3. The molecule has 3 aromatic carbocycles. The van der Waals surface area contributed by atoms with Crippen LogP contribution < -0.4 is 15.4 Å². The number of nitrogens with one attached hydrogen (secondary N) is 2. The molecule has 2 heterocycles. The van der Waals surface area contributed by atoms with Crippen LogP contribution >= 0.6 is 11.6 Å². The van der Waals surface area contributed by atoms with Gasteiger partial charge < -0.3 is 14.6 Å². The van der Waals surface area contributed by atoms with E-state index in [2.05, 4.69) is 20.6 Å². The van der Waals surface area contributed by atoms with Crippen molar-refractivity contribution in [3.05, 3.63) is 107 Å². The normalized spacial score (nSPS) is 11.6. The lowest BCUT2D eigenvalue weighted by Gasteiger charge is -2.14. The Morgan fingerprint density at radius 3 is 2.69 bits per heavy atom. The maximum Gasteiger partial charge on any atom is 0.160 e. The summed E-state index contributed by atoms with van der Waals surface area (Å²) in [5.41, 5.74) is 3.94. The van der Waals surface area contributed by atoms with Gasteiger partial charge in [-0.15, -0.1) is 0 Å². The van der Waals surface area contributed by atoms with Crippen LogP contribution in [0.25, 0.3) is 16.6 Å². The summed E-state index contributed by atoms with van der Waals surface area (Å²) < 4.78 is 44.1. The van der Waals surface area contributed by atoms with Crippen LogP contribution in [0.2, 0.25) is 5.02 Å². The molecule has 39 heavy (non-hydrogen) atoms. The zero-order valence-corrected chi connectivity index (χ0v) is 22.5. The van der Waals surface area contributed by atoms with Gasteiger partial charge in [-0.1, -0.05) is 23.7 Å². The van der Waals surface area contributed by atoms with Gasteiger partial charge in [0.25, 0.3) is 0 Å². The molecule has 200 valence electrons. The number of sulfone groups is 1. The number of anilines is 2. The highest BCUT2D eigenvalue weighted by molar-refractivity contribution is 7.90. The first-order valence-electron chi connectivity index (χ1n) is 12.0. The van der Waals surface area contributed by atoms with Crippen molar-refractivity contribution in [3.8, 4) is 11.4 Å². The first kappa shape index (κ1) is 26.6. The smallest absolute Gasteiger partial charge is 0.160 e. The molecule has 2 N–H and O–H groups in total. The fourth-order valence-electron chi connectivity index (χ4n) is 4.09. The fourth-order valence-corrected chi connectivity index (χ4v) is 4.80.